The first-order valence-electron chi connectivity index (χ1n) is 4.35. The number of esters is 1. The van der Waals surface area contributed by atoms with Gasteiger partial charge in [-0.3, -0.25) is 4.79 Å². The zero-order valence-electron chi connectivity index (χ0n) is 10.4. The summed E-state index contributed by atoms with van der Waals surface area (Å²) < 4.78 is 27.1. The molecule has 4 radical (unpaired) electrons. The second kappa shape index (κ2) is 36.0. The van der Waals surface area contributed by atoms with E-state index in [1.54, 1.807) is 25.3 Å². The maximum atomic E-state index is 11.1. The molecule has 19 heavy (non-hydrogen) atoms. The Labute approximate surface area is 125 Å². The molecule has 5 nitrogen and oxygen atoms in total. The Morgan fingerprint density at radius 2 is 1.68 bits per heavy atom. The van der Waals surface area contributed by atoms with Gasteiger partial charge in [0.15, 0.2) is 0 Å². The molecule has 0 heterocycles. The summed E-state index contributed by atoms with van der Waals surface area (Å²) in [5, 5.41) is 0. The number of unbranched alkanes of at least 4 members (excludes halogenated alkanes) is 1. The van der Waals surface area contributed by atoms with Gasteiger partial charge in [-0.2, -0.15) is 0 Å². The molecule has 0 aliphatic carbocycles. The summed E-state index contributed by atoms with van der Waals surface area (Å²) >= 11 is 0. The molecule has 104 valence electrons. The van der Waals surface area contributed by atoms with Crippen molar-refractivity contribution in [2.24, 2.45) is 5.92 Å². The predicted molar refractivity (Wildman–Crippen MR) is 60.4 cm³/mol. The molecule has 6 heteroatoms. The molecule has 0 unspecified atom stereocenters. The molecule has 1 atom stereocenters. The Hall–Kier alpha value is -1.05. The normalized spacial score (nSPS) is 8.00. The van der Waals surface area contributed by atoms with Crippen LogP contribution in [-0.4, -0.2) is 13.1 Å². The molecule has 0 aromatic rings. The van der Waals surface area contributed by atoms with Crippen LogP contribution in [-0.2, 0) is 40.6 Å². The Bertz CT molecular complexity index is 231. The monoisotopic (exact) mass is 306 g/mol. The van der Waals surface area contributed by atoms with Crippen molar-refractivity contribution >= 4 is 5.97 Å². The maximum Gasteiger partial charge on any atom is 0.309 e. The number of allylic oxidation sites excluding steroid dienone is 1. The van der Waals surface area contributed by atoms with Crippen LogP contribution < -0.4 is 0 Å². The SMILES string of the molecule is [C-]#[O+].[C-]#[O+].[C-]#[O+].[CH2][CH][CH][CH][C@H](CC=C)C(=O)OC.[Fe]. The quantitative estimate of drug-likeness (QED) is 0.246. The topological polar surface area (TPSA) is 86.0 Å². The maximum absolute atomic E-state index is 11.1. The molecule has 0 amide bonds. The summed E-state index contributed by atoms with van der Waals surface area (Å²) in [6.45, 7) is 20.6. The molecule has 0 fully saturated rings. The fourth-order valence-electron chi connectivity index (χ4n) is 0.797. The van der Waals surface area contributed by atoms with Gasteiger partial charge in [0.2, 0.25) is 0 Å². The van der Waals surface area contributed by atoms with Crippen molar-refractivity contribution in [2.45, 2.75) is 6.42 Å². The molecule has 0 bridgehead atoms. The molecule has 0 spiro atoms. The Morgan fingerprint density at radius 1 is 1.26 bits per heavy atom. The van der Waals surface area contributed by atoms with Gasteiger partial charge >= 0.3 is 39.9 Å². The first-order valence-corrected chi connectivity index (χ1v) is 4.35. The Kier molecular flexibility index (Phi) is 58.2. The van der Waals surface area contributed by atoms with Crippen LogP contribution in [0.1, 0.15) is 6.42 Å². The van der Waals surface area contributed by atoms with Crippen LogP contribution in [0.4, 0.5) is 0 Å². The van der Waals surface area contributed by atoms with E-state index in [9.17, 15) is 4.79 Å². The smallest absolute Gasteiger partial charge is 0.309 e. The molecule has 0 aromatic carbocycles. The van der Waals surface area contributed by atoms with E-state index in [1.807, 2.05) is 0 Å². The summed E-state index contributed by atoms with van der Waals surface area (Å²) in [5.74, 6) is -0.474. The van der Waals surface area contributed by atoms with E-state index in [0.717, 1.165) is 0 Å². The number of hydrogen-bond acceptors (Lipinski definition) is 2. The molecule has 0 rings (SSSR count). The fraction of sp³-hybridized carbons (Fsp3) is 0.231. The van der Waals surface area contributed by atoms with Gasteiger partial charge < -0.3 is 4.74 Å². The standard InChI is InChI=1S/C10H14O2.3CO.Fe/c1-4-6-8-9(7-5-2)10(11)12-3;3*1-2;/h4-6,8-9H,1-2,7H2,3H3;;;;/t9-;;;;/m0..../s1. The van der Waals surface area contributed by atoms with Gasteiger partial charge in [-0.25, -0.2) is 0 Å². The molecule has 0 aliphatic heterocycles. The third kappa shape index (κ3) is 26.5. The van der Waals surface area contributed by atoms with Crippen molar-refractivity contribution in [3.63, 3.8) is 0 Å². The second-order valence-corrected chi connectivity index (χ2v) is 2.27. The number of ether oxygens (including phenoxy) is 1. The summed E-state index contributed by atoms with van der Waals surface area (Å²) in [5.41, 5.74) is 0. The fourth-order valence-corrected chi connectivity index (χ4v) is 0.797. The van der Waals surface area contributed by atoms with Gasteiger partial charge in [0.25, 0.3) is 0 Å². The van der Waals surface area contributed by atoms with Gasteiger partial charge in [-0.1, -0.05) is 6.08 Å². The van der Waals surface area contributed by atoms with E-state index in [1.165, 1.54) is 7.11 Å². The Balaban J connectivity index is -0.0000000816. The third-order valence-electron chi connectivity index (χ3n) is 1.40. The minimum Gasteiger partial charge on any atom is -0.469 e. The van der Waals surface area contributed by atoms with Gasteiger partial charge in [0, 0.05) is 17.1 Å². The van der Waals surface area contributed by atoms with Crippen molar-refractivity contribution in [1.29, 1.82) is 0 Å². The van der Waals surface area contributed by atoms with Crippen LogP contribution in [0.5, 0.6) is 0 Å². The molecule has 0 aromatic heterocycles. The van der Waals surface area contributed by atoms with E-state index in [0.29, 0.717) is 6.42 Å². The van der Waals surface area contributed by atoms with Crippen molar-refractivity contribution in [3.8, 4) is 0 Å². The molecule has 0 N–H and O–H groups in total. The molecule has 0 aliphatic rings. The molecule has 0 saturated heterocycles. The summed E-state index contributed by atoms with van der Waals surface area (Å²) in [6.07, 6.45) is 7.39. The van der Waals surface area contributed by atoms with E-state index < -0.39 is 0 Å². The third-order valence-corrected chi connectivity index (χ3v) is 1.40. The number of rotatable bonds is 6. The van der Waals surface area contributed by atoms with Crippen molar-refractivity contribution in [2.75, 3.05) is 7.11 Å². The summed E-state index contributed by atoms with van der Waals surface area (Å²) in [6, 6.07) is 0. The van der Waals surface area contributed by atoms with E-state index in [-0.39, 0.29) is 29.0 Å². The van der Waals surface area contributed by atoms with E-state index in [2.05, 4.69) is 38.2 Å². The predicted octanol–water partition coefficient (Wildman–Crippen LogP) is 1.68. The van der Waals surface area contributed by atoms with Gasteiger partial charge in [0.05, 0.1) is 13.0 Å². The van der Waals surface area contributed by atoms with Crippen LogP contribution in [0.2, 0.25) is 0 Å². The van der Waals surface area contributed by atoms with Crippen LogP contribution in [0.25, 0.3) is 0 Å². The molecular weight excluding hydrogens is 292 g/mol. The average Bonchev–Trinajstić information content (AvgIpc) is 2.49. The number of carbonyl (C=O) groups excluding carboxylic acids is 1. The molecular formula is C13H14FeO5. The van der Waals surface area contributed by atoms with Gasteiger partial charge in [-0.05, 0) is 32.6 Å². The van der Waals surface area contributed by atoms with E-state index >= 15 is 0 Å². The minimum absolute atomic E-state index is 0. The first-order chi connectivity index (χ1) is 8.76. The average molecular weight is 306 g/mol. The van der Waals surface area contributed by atoms with Crippen LogP contribution in [0.15, 0.2) is 12.7 Å². The zero-order valence-corrected chi connectivity index (χ0v) is 11.5. The van der Waals surface area contributed by atoms with Crippen molar-refractivity contribution in [1.82, 2.24) is 0 Å². The van der Waals surface area contributed by atoms with Crippen LogP contribution >= 0.6 is 0 Å². The first kappa shape index (κ1) is 30.8. The van der Waals surface area contributed by atoms with Crippen molar-refractivity contribution in [3.05, 3.63) is 58.8 Å². The minimum atomic E-state index is -0.243. The van der Waals surface area contributed by atoms with Crippen molar-refractivity contribution < 1.29 is 40.6 Å². The summed E-state index contributed by atoms with van der Waals surface area (Å²) in [4.78, 5) is 11.1. The Morgan fingerprint density at radius 3 is 1.95 bits per heavy atom. The van der Waals surface area contributed by atoms with E-state index in [4.69, 9.17) is 14.0 Å². The van der Waals surface area contributed by atoms with Gasteiger partial charge in [-0.15, -0.1) is 6.58 Å². The largest absolute Gasteiger partial charge is 0.469 e. The molecule has 0 saturated carbocycles. The van der Waals surface area contributed by atoms with Crippen LogP contribution in [0.3, 0.4) is 0 Å². The summed E-state index contributed by atoms with van der Waals surface area (Å²) in [7, 11) is 1.38. The zero-order chi connectivity index (χ0) is 15.4. The van der Waals surface area contributed by atoms with Crippen LogP contribution in [0, 0.1) is 52.1 Å². The van der Waals surface area contributed by atoms with Gasteiger partial charge in [0.1, 0.15) is 0 Å². The number of hydrogen-bond donors (Lipinski definition) is 0. The second-order valence-electron chi connectivity index (χ2n) is 2.27. The number of methoxy groups -OCH3 is 1. The number of carbonyl (C=O) groups is 1.